The minimum atomic E-state index is -0.481. The van der Waals surface area contributed by atoms with Crippen LogP contribution in [0.1, 0.15) is 36.0 Å². The molecule has 5 heteroatoms. The summed E-state index contributed by atoms with van der Waals surface area (Å²) >= 11 is 0. The van der Waals surface area contributed by atoms with E-state index in [1.54, 1.807) is 0 Å². The third-order valence-corrected chi connectivity index (χ3v) is 4.25. The smallest absolute Gasteiger partial charge is 0.338 e. The summed E-state index contributed by atoms with van der Waals surface area (Å²) in [6, 6.07) is 5.57. The number of hydrogen-bond donors (Lipinski definition) is 0. The first-order chi connectivity index (χ1) is 9.13. The van der Waals surface area contributed by atoms with Gasteiger partial charge in [0.25, 0.3) is 5.69 Å². The van der Waals surface area contributed by atoms with Crippen molar-refractivity contribution in [2.45, 2.75) is 31.8 Å². The number of ether oxygens (including phenoxy) is 1. The predicted molar refractivity (Wildman–Crippen MR) is 67.7 cm³/mol. The Hall–Kier alpha value is -1.91. The molecule has 2 aliphatic rings. The summed E-state index contributed by atoms with van der Waals surface area (Å²) in [4.78, 5) is 22.0. The van der Waals surface area contributed by atoms with E-state index >= 15 is 0 Å². The average molecular weight is 261 g/mol. The average Bonchev–Trinajstić information content (AvgIpc) is 3.01. The summed E-state index contributed by atoms with van der Waals surface area (Å²) in [5.74, 6) is 0.874. The molecule has 1 aromatic rings. The maximum absolute atomic E-state index is 12.0. The van der Waals surface area contributed by atoms with Crippen molar-refractivity contribution in [3.8, 4) is 0 Å². The molecular formula is C14H15NO4. The highest BCUT2D eigenvalue weighted by Gasteiger charge is 2.41. The monoisotopic (exact) mass is 261 g/mol. The van der Waals surface area contributed by atoms with Gasteiger partial charge in [0.05, 0.1) is 10.5 Å². The van der Waals surface area contributed by atoms with Gasteiger partial charge >= 0.3 is 5.97 Å². The van der Waals surface area contributed by atoms with Crippen LogP contribution in [0.25, 0.3) is 0 Å². The molecule has 0 spiro atoms. The van der Waals surface area contributed by atoms with Crippen LogP contribution in [0, 0.1) is 22.0 Å². The zero-order valence-electron chi connectivity index (χ0n) is 10.5. The van der Waals surface area contributed by atoms with Crippen LogP contribution in [-0.2, 0) is 4.74 Å². The van der Waals surface area contributed by atoms with Gasteiger partial charge in [0, 0.05) is 12.1 Å². The van der Waals surface area contributed by atoms with Crippen molar-refractivity contribution < 1.29 is 14.5 Å². The van der Waals surface area contributed by atoms with E-state index in [0.29, 0.717) is 11.5 Å². The first-order valence-corrected chi connectivity index (χ1v) is 6.59. The summed E-state index contributed by atoms with van der Waals surface area (Å²) in [6.45, 7) is 0. The fourth-order valence-corrected chi connectivity index (χ4v) is 3.26. The number of carbonyl (C=O) groups is 1. The lowest BCUT2D eigenvalue weighted by atomic mass is 9.98. The van der Waals surface area contributed by atoms with E-state index in [4.69, 9.17) is 4.74 Å². The molecule has 0 N–H and O–H groups in total. The summed E-state index contributed by atoms with van der Waals surface area (Å²) in [5.41, 5.74) is 0.366. The van der Waals surface area contributed by atoms with Gasteiger partial charge in [-0.05, 0) is 49.7 Å². The van der Waals surface area contributed by atoms with Gasteiger partial charge in [0.1, 0.15) is 6.10 Å². The number of hydrogen-bond acceptors (Lipinski definition) is 4. The predicted octanol–water partition coefficient (Wildman–Crippen LogP) is 2.94. The quantitative estimate of drug-likeness (QED) is 0.476. The molecule has 0 radical (unpaired) electrons. The molecule has 0 heterocycles. The molecule has 0 aromatic heterocycles. The Morgan fingerprint density at radius 2 is 1.95 bits per heavy atom. The number of benzene rings is 1. The highest BCUT2D eigenvalue weighted by Crippen LogP contribution is 2.46. The third-order valence-electron chi connectivity index (χ3n) is 4.25. The van der Waals surface area contributed by atoms with Crippen LogP contribution in [0.5, 0.6) is 0 Å². The van der Waals surface area contributed by atoms with Crippen LogP contribution >= 0.6 is 0 Å². The molecule has 2 fully saturated rings. The molecular weight excluding hydrogens is 246 g/mol. The van der Waals surface area contributed by atoms with E-state index in [2.05, 4.69) is 0 Å². The van der Waals surface area contributed by atoms with Crippen LogP contribution in [0.4, 0.5) is 5.69 Å². The topological polar surface area (TPSA) is 69.4 Å². The van der Waals surface area contributed by atoms with Crippen LogP contribution in [0.2, 0.25) is 0 Å². The zero-order chi connectivity index (χ0) is 13.4. The number of rotatable bonds is 3. The molecule has 3 unspecified atom stereocenters. The van der Waals surface area contributed by atoms with Crippen molar-refractivity contribution >= 4 is 11.7 Å². The molecule has 3 atom stereocenters. The Morgan fingerprint density at radius 3 is 2.47 bits per heavy atom. The van der Waals surface area contributed by atoms with Gasteiger partial charge < -0.3 is 4.74 Å². The van der Waals surface area contributed by atoms with Crippen LogP contribution in [0.15, 0.2) is 24.3 Å². The second kappa shape index (κ2) is 4.64. The fourth-order valence-electron chi connectivity index (χ4n) is 3.26. The van der Waals surface area contributed by atoms with Gasteiger partial charge in [-0.3, -0.25) is 10.1 Å². The first kappa shape index (κ1) is 12.1. The Kier molecular flexibility index (Phi) is 2.97. The highest BCUT2D eigenvalue weighted by molar-refractivity contribution is 5.89. The van der Waals surface area contributed by atoms with Gasteiger partial charge in [0.2, 0.25) is 0 Å². The van der Waals surface area contributed by atoms with Crippen LogP contribution in [0.3, 0.4) is 0 Å². The van der Waals surface area contributed by atoms with Crippen LogP contribution in [-0.4, -0.2) is 17.0 Å². The van der Waals surface area contributed by atoms with E-state index in [1.165, 1.54) is 37.1 Å². The van der Waals surface area contributed by atoms with Crippen molar-refractivity contribution in [1.29, 1.82) is 0 Å². The molecule has 0 aliphatic heterocycles. The highest BCUT2D eigenvalue weighted by atomic mass is 16.6. The Bertz CT molecular complexity index is 511. The molecule has 5 nitrogen and oxygen atoms in total. The summed E-state index contributed by atoms with van der Waals surface area (Å²) < 4.78 is 5.52. The van der Waals surface area contributed by atoms with E-state index in [-0.39, 0.29) is 17.8 Å². The molecule has 0 saturated heterocycles. The number of carbonyl (C=O) groups excluding carboxylic acids is 1. The molecule has 2 saturated carbocycles. The number of nitro benzene ring substituents is 1. The largest absolute Gasteiger partial charge is 0.458 e. The molecule has 0 amide bonds. The Balaban J connectivity index is 1.65. The minimum absolute atomic E-state index is 0.0172. The summed E-state index contributed by atoms with van der Waals surface area (Å²) in [7, 11) is 0. The summed E-state index contributed by atoms with van der Waals surface area (Å²) in [6.07, 6.45) is 4.61. The van der Waals surface area contributed by atoms with E-state index in [1.807, 2.05) is 0 Å². The zero-order valence-corrected chi connectivity index (χ0v) is 10.5. The first-order valence-electron chi connectivity index (χ1n) is 6.59. The molecule has 100 valence electrons. The summed E-state index contributed by atoms with van der Waals surface area (Å²) in [5, 5.41) is 10.5. The number of non-ortho nitro benzene ring substituents is 1. The Labute approximate surface area is 110 Å². The van der Waals surface area contributed by atoms with Gasteiger partial charge in [-0.2, -0.15) is 0 Å². The van der Waals surface area contributed by atoms with Crippen molar-refractivity contribution in [2.24, 2.45) is 11.8 Å². The van der Waals surface area contributed by atoms with Crippen molar-refractivity contribution in [2.75, 3.05) is 0 Å². The number of nitro groups is 1. The lowest BCUT2D eigenvalue weighted by molar-refractivity contribution is -0.384. The second-order valence-corrected chi connectivity index (χ2v) is 5.42. The molecule has 3 rings (SSSR count). The van der Waals surface area contributed by atoms with Crippen molar-refractivity contribution in [1.82, 2.24) is 0 Å². The van der Waals surface area contributed by atoms with Crippen LogP contribution < -0.4 is 0 Å². The third kappa shape index (κ3) is 2.32. The molecule has 1 aromatic carbocycles. The number of nitrogens with zero attached hydrogens (tertiary/aromatic N) is 1. The SMILES string of the molecule is O=C(OC1CC2CCC1C2)c1ccc([N+](=O)[O-])cc1. The van der Waals surface area contributed by atoms with E-state index < -0.39 is 4.92 Å². The van der Waals surface area contributed by atoms with Gasteiger partial charge in [0.15, 0.2) is 0 Å². The maximum atomic E-state index is 12.0. The maximum Gasteiger partial charge on any atom is 0.338 e. The fraction of sp³-hybridized carbons (Fsp3) is 0.500. The molecule has 2 aliphatic carbocycles. The van der Waals surface area contributed by atoms with E-state index in [9.17, 15) is 14.9 Å². The second-order valence-electron chi connectivity index (χ2n) is 5.42. The standard InChI is InChI=1S/C14H15NO4/c16-14(10-3-5-12(6-4-10)15(17)18)19-13-8-9-1-2-11(13)7-9/h3-6,9,11,13H,1-2,7-8H2. The minimum Gasteiger partial charge on any atom is -0.458 e. The van der Waals surface area contributed by atoms with Gasteiger partial charge in [-0.15, -0.1) is 0 Å². The Morgan fingerprint density at radius 1 is 1.21 bits per heavy atom. The lowest BCUT2D eigenvalue weighted by Gasteiger charge is -2.21. The van der Waals surface area contributed by atoms with Crippen molar-refractivity contribution in [3.63, 3.8) is 0 Å². The van der Waals surface area contributed by atoms with Gasteiger partial charge in [-0.1, -0.05) is 0 Å². The van der Waals surface area contributed by atoms with E-state index in [0.717, 1.165) is 18.8 Å². The normalized spacial score (nSPS) is 28.3. The number of esters is 1. The van der Waals surface area contributed by atoms with Gasteiger partial charge in [-0.25, -0.2) is 4.79 Å². The lowest BCUT2D eigenvalue weighted by Crippen LogP contribution is -2.24. The molecule has 2 bridgehead atoms. The number of fused-ring (bicyclic) bond motifs is 2. The van der Waals surface area contributed by atoms with Crippen molar-refractivity contribution in [3.05, 3.63) is 39.9 Å². The molecule has 19 heavy (non-hydrogen) atoms.